The van der Waals surface area contributed by atoms with E-state index < -0.39 is 0 Å². The van der Waals surface area contributed by atoms with E-state index in [4.69, 9.17) is 0 Å². The highest BCUT2D eigenvalue weighted by atomic mass is 15.1. The van der Waals surface area contributed by atoms with E-state index in [-0.39, 0.29) is 0 Å². The molecule has 0 aliphatic carbocycles. The summed E-state index contributed by atoms with van der Waals surface area (Å²) in [6, 6.07) is 0. The van der Waals surface area contributed by atoms with Crippen molar-refractivity contribution in [3.63, 3.8) is 0 Å². The molecule has 1 rings (SSSR count). The van der Waals surface area contributed by atoms with Crippen molar-refractivity contribution < 1.29 is 0 Å². The molecule has 0 amide bonds. The average Bonchev–Trinajstić information content (AvgIpc) is 2.73. The Bertz CT molecular complexity index is 328. The topological polar surface area (TPSA) is 29.9 Å². The fourth-order valence-corrected chi connectivity index (χ4v) is 2.28. The summed E-state index contributed by atoms with van der Waals surface area (Å²) in [7, 11) is 0. The van der Waals surface area contributed by atoms with Gasteiger partial charge in [-0.25, -0.2) is 4.98 Å². The summed E-state index contributed by atoms with van der Waals surface area (Å²) in [5.41, 5.74) is 1.65. The number of nitrogens with zero attached hydrogens (tertiary/aromatic N) is 2. The summed E-state index contributed by atoms with van der Waals surface area (Å²) >= 11 is 0. The quantitative estimate of drug-likeness (QED) is 0.680. The van der Waals surface area contributed by atoms with Crippen molar-refractivity contribution in [2.24, 2.45) is 5.41 Å². The normalized spacial score (nSPS) is 12.0. The molecule has 0 aliphatic heterocycles. The zero-order valence-electron chi connectivity index (χ0n) is 12.5. The number of rotatable bonds is 9. The number of unbranched alkanes of at least 4 members (excludes halogenated alkanes) is 2. The molecule has 1 aromatic heterocycles. The minimum Gasteiger partial charge on any atom is -0.333 e. The van der Waals surface area contributed by atoms with Gasteiger partial charge in [0.2, 0.25) is 0 Å². The number of hydrogen-bond acceptors (Lipinski definition) is 2. The van der Waals surface area contributed by atoms with Gasteiger partial charge in [-0.2, -0.15) is 0 Å². The van der Waals surface area contributed by atoms with Gasteiger partial charge in [-0.05, 0) is 18.4 Å². The van der Waals surface area contributed by atoms with E-state index in [9.17, 15) is 0 Å². The predicted octanol–water partition coefficient (Wildman–Crippen LogP) is 3.60. The molecular weight excluding hydrogens is 222 g/mol. The van der Waals surface area contributed by atoms with E-state index in [2.05, 4.69) is 42.6 Å². The van der Waals surface area contributed by atoms with E-state index in [0.29, 0.717) is 5.41 Å². The highest BCUT2D eigenvalue weighted by Gasteiger charge is 2.19. The first kappa shape index (κ1) is 15.2. The second-order valence-electron chi connectivity index (χ2n) is 5.91. The van der Waals surface area contributed by atoms with Crippen LogP contribution in [-0.4, -0.2) is 16.1 Å². The predicted molar refractivity (Wildman–Crippen MR) is 77.5 cm³/mol. The number of nitrogens with one attached hydrogen (secondary N) is 1. The van der Waals surface area contributed by atoms with Crippen molar-refractivity contribution in [2.45, 2.75) is 66.5 Å². The van der Waals surface area contributed by atoms with Gasteiger partial charge in [0.15, 0.2) is 0 Å². The van der Waals surface area contributed by atoms with E-state index >= 15 is 0 Å². The van der Waals surface area contributed by atoms with Crippen LogP contribution < -0.4 is 5.32 Å². The molecule has 0 atom stereocenters. The monoisotopic (exact) mass is 251 g/mol. The van der Waals surface area contributed by atoms with Crippen molar-refractivity contribution in [1.82, 2.24) is 14.9 Å². The van der Waals surface area contributed by atoms with Crippen molar-refractivity contribution in [3.05, 3.63) is 18.2 Å². The maximum Gasteiger partial charge on any atom is 0.0948 e. The van der Waals surface area contributed by atoms with E-state index in [1.807, 2.05) is 12.5 Å². The Morgan fingerprint density at radius 1 is 1.28 bits per heavy atom. The van der Waals surface area contributed by atoms with Gasteiger partial charge in [-0.1, -0.05) is 47.0 Å². The minimum atomic E-state index is 0.358. The zero-order valence-corrected chi connectivity index (χ0v) is 12.5. The maximum absolute atomic E-state index is 4.28. The molecule has 0 aliphatic rings. The maximum atomic E-state index is 4.28. The van der Waals surface area contributed by atoms with Crippen LogP contribution >= 0.6 is 0 Å². The Kier molecular flexibility index (Phi) is 6.41. The van der Waals surface area contributed by atoms with Gasteiger partial charge in [0.1, 0.15) is 0 Å². The summed E-state index contributed by atoms with van der Waals surface area (Å²) in [6.45, 7) is 12.1. The fourth-order valence-electron chi connectivity index (χ4n) is 2.28. The van der Waals surface area contributed by atoms with Crippen molar-refractivity contribution in [3.8, 4) is 0 Å². The molecule has 0 fully saturated rings. The molecule has 104 valence electrons. The molecule has 3 heteroatoms. The highest BCUT2D eigenvalue weighted by Crippen LogP contribution is 2.26. The molecule has 0 aromatic carbocycles. The lowest BCUT2D eigenvalue weighted by Crippen LogP contribution is -2.22. The van der Waals surface area contributed by atoms with Gasteiger partial charge < -0.3 is 9.88 Å². The largest absolute Gasteiger partial charge is 0.333 e. The number of aromatic nitrogens is 2. The van der Waals surface area contributed by atoms with Crippen LogP contribution in [0, 0.1) is 5.41 Å². The minimum absolute atomic E-state index is 0.358. The van der Waals surface area contributed by atoms with Gasteiger partial charge in [-0.3, -0.25) is 0 Å². The van der Waals surface area contributed by atoms with E-state index in [1.165, 1.54) is 31.4 Å². The summed E-state index contributed by atoms with van der Waals surface area (Å²) in [5.74, 6) is 0. The second-order valence-corrected chi connectivity index (χ2v) is 5.91. The Labute approximate surface area is 112 Å². The Morgan fingerprint density at radius 3 is 2.72 bits per heavy atom. The molecule has 1 heterocycles. The standard InChI is InChI=1S/C15H29N3/c1-5-7-8-9-15(3,4)12-18-13-17-11-14(18)10-16-6-2/h11,13,16H,5-10,12H2,1-4H3. The smallest absolute Gasteiger partial charge is 0.0948 e. The lowest BCUT2D eigenvalue weighted by atomic mass is 9.86. The number of imidazole rings is 1. The summed E-state index contributed by atoms with van der Waals surface area (Å²) in [5, 5.41) is 3.37. The van der Waals surface area contributed by atoms with Crippen LogP contribution in [0.5, 0.6) is 0 Å². The van der Waals surface area contributed by atoms with Crippen LogP contribution in [0.1, 0.15) is 59.1 Å². The Hall–Kier alpha value is -0.830. The third-order valence-corrected chi connectivity index (χ3v) is 3.41. The Morgan fingerprint density at radius 2 is 2.06 bits per heavy atom. The van der Waals surface area contributed by atoms with Gasteiger partial charge >= 0.3 is 0 Å². The van der Waals surface area contributed by atoms with Gasteiger partial charge in [0.05, 0.1) is 12.0 Å². The van der Waals surface area contributed by atoms with Crippen molar-refractivity contribution >= 4 is 0 Å². The van der Waals surface area contributed by atoms with E-state index in [0.717, 1.165) is 19.6 Å². The van der Waals surface area contributed by atoms with Crippen LogP contribution in [-0.2, 0) is 13.1 Å². The zero-order chi connectivity index (χ0) is 13.4. The SMILES string of the molecule is CCCCCC(C)(C)Cn1cncc1CNCC. The molecule has 0 bridgehead atoms. The first-order valence-corrected chi connectivity index (χ1v) is 7.29. The molecule has 0 saturated heterocycles. The molecule has 0 saturated carbocycles. The third kappa shape index (κ3) is 5.21. The summed E-state index contributed by atoms with van der Waals surface area (Å²) in [6.07, 6.45) is 9.21. The molecule has 0 radical (unpaired) electrons. The number of hydrogen-bond donors (Lipinski definition) is 1. The van der Waals surface area contributed by atoms with Crippen LogP contribution in [0.3, 0.4) is 0 Å². The summed E-state index contributed by atoms with van der Waals surface area (Å²) < 4.78 is 2.30. The molecule has 1 N–H and O–H groups in total. The van der Waals surface area contributed by atoms with Crippen LogP contribution in [0.4, 0.5) is 0 Å². The Balaban J connectivity index is 2.51. The first-order valence-electron chi connectivity index (χ1n) is 7.29. The molecule has 3 nitrogen and oxygen atoms in total. The second kappa shape index (κ2) is 7.57. The molecular formula is C15H29N3. The highest BCUT2D eigenvalue weighted by molar-refractivity contribution is 4.98. The van der Waals surface area contributed by atoms with Gasteiger partial charge in [-0.15, -0.1) is 0 Å². The first-order chi connectivity index (χ1) is 8.59. The molecule has 0 spiro atoms. The van der Waals surface area contributed by atoms with Crippen LogP contribution in [0.15, 0.2) is 12.5 Å². The lowest BCUT2D eigenvalue weighted by Gasteiger charge is -2.26. The van der Waals surface area contributed by atoms with Crippen LogP contribution in [0.2, 0.25) is 0 Å². The van der Waals surface area contributed by atoms with Gasteiger partial charge in [0, 0.05) is 19.3 Å². The average molecular weight is 251 g/mol. The van der Waals surface area contributed by atoms with Gasteiger partial charge in [0.25, 0.3) is 0 Å². The summed E-state index contributed by atoms with van der Waals surface area (Å²) in [4.78, 5) is 4.28. The molecule has 18 heavy (non-hydrogen) atoms. The fraction of sp³-hybridized carbons (Fsp3) is 0.800. The molecule has 0 unspecified atom stereocenters. The van der Waals surface area contributed by atoms with Crippen molar-refractivity contribution in [1.29, 1.82) is 0 Å². The van der Waals surface area contributed by atoms with E-state index in [1.54, 1.807) is 0 Å². The third-order valence-electron chi connectivity index (χ3n) is 3.41. The molecule has 1 aromatic rings. The van der Waals surface area contributed by atoms with Crippen LogP contribution in [0.25, 0.3) is 0 Å². The lowest BCUT2D eigenvalue weighted by molar-refractivity contribution is 0.268. The van der Waals surface area contributed by atoms with Crippen molar-refractivity contribution in [2.75, 3.05) is 6.54 Å².